The zero-order valence-electron chi connectivity index (χ0n) is 15.2. The maximum atomic E-state index is 11.7. The Kier molecular flexibility index (Phi) is 10.5. The minimum atomic E-state index is -0.140. The van der Waals surface area contributed by atoms with Crippen LogP contribution in [-0.4, -0.2) is 44.4 Å². The van der Waals surface area contributed by atoms with E-state index in [9.17, 15) is 4.79 Å². The number of hydrogen-bond donors (Lipinski definition) is 2. The predicted molar refractivity (Wildman–Crippen MR) is 93.3 cm³/mol. The summed E-state index contributed by atoms with van der Waals surface area (Å²) in [4.78, 5) is 11.7. The van der Waals surface area contributed by atoms with E-state index in [1.54, 1.807) is 7.11 Å². The molecule has 0 spiro atoms. The number of nitrogens with one attached hydrogen (secondary N) is 1. The molecule has 1 heterocycles. The highest BCUT2D eigenvalue weighted by atomic mass is 16.5. The summed E-state index contributed by atoms with van der Waals surface area (Å²) in [5.74, 6) is 0.132. The summed E-state index contributed by atoms with van der Waals surface area (Å²) in [7, 11) is 1.71. The van der Waals surface area contributed by atoms with Crippen molar-refractivity contribution >= 4 is 5.91 Å². The minimum Gasteiger partial charge on any atom is -0.379 e. The fourth-order valence-electron chi connectivity index (χ4n) is 3.40. The number of methoxy groups -OCH3 is 1. The first kappa shape index (κ1) is 20.4. The molecule has 0 radical (unpaired) electrons. The highest BCUT2D eigenvalue weighted by Crippen LogP contribution is 2.26. The molecule has 5 heteroatoms. The highest BCUT2D eigenvalue weighted by Gasteiger charge is 2.39. The average molecular weight is 328 g/mol. The van der Waals surface area contributed by atoms with Crippen LogP contribution in [0, 0.1) is 5.92 Å². The van der Waals surface area contributed by atoms with Gasteiger partial charge in [-0.25, -0.2) is 0 Å². The van der Waals surface area contributed by atoms with E-state index < -0.39 is 0 Å². The van der Waals surface area contributed by atoms with Crippen LogP contribution in [0.1, 0.15) is 65.2 Å². The lowest BCUT2D eigenvalue weighted by atomic mass is 9.88. The van der Waals surface area contributed by atoms with E-state index in [-0.39, 0.29) is 36.6 Å². The van der Waals surface area contributed by atoms with Gasteiger partial charge in [0.1, 0.15) is 0 Å². The second-order valence-electron chi connectivity index (χ2n) is 6.76. The summed E-state index contributed by atoms with van der Waals surface area (Å²) in [6, 6.07) is -0.0973. The van der Waals surface area contributed by atoms with Gasteiger partial charge in [-0.1, -0.05) is 58.8 Å². The standard InChI is InChI=1S/C18H36N2O3/c1-4-5-6-7-8-9-10-11-15-17(20-16(21)12-19)18(22-3)14(2)13-23-15/h14-15,17-18H,4-13,19H2,1-3H3,(H,20,21)/t14-,15-,17-,18-/m0/s1. The van der Waals surface area contributed by atoms with Crippen LogP contribution >= 0.6 is 0 Å². The van der Waals surface area contributed by atoms with Crippen LogP contribution in [0.3, 0.4) is 0 Å². The Morgan fingerprint density at radius 3 is 2.48 bits per heavy atom. The number of rotatable bonds is 11. The Labute approximate surface area is 141 Å². The molecular weight excluding hydrogens is 292 g/mol. The van der Waals surface area contributed by atoms with Crippen LogP contribution in [-0.2, 0) is 14.3 Å². The second kappa shape index (κ2) is 11.8. The molecule has 0 aromatic carbocycles. The zero-order chi connectivity index (χ0) is 17.1. The van der Waals surface area contributed by atoms with E-state index in [4.69, 9.17) is 15.2 Å². The van der Waals surface area contributed by atoms with E-state index in [0.717, 1.165) is 12.8 Å². The van der Waals surface area contributed by atoms with E-state index in [0.29, 0.717) is 6.61 Å². The highest BCUT2D eigenvalue weighted by molar-refractivity contribution is 5.78. The van der Waals surface area contributed by atoms with Gasteiger partial charge in [0.2, 0.25) is 5.91 Å². The molecule has 0 aliphatic carbocycles. The maximum absolute atomic E-state index is 11.7. The summed E-state index contributed by atoms with van der Waals surface area (Å²) in [5, 5.41) is 3.00. The van der Waals surface area contributed by atoms with Gasteiger partial charge in [-0.15, -0.1) is 0 Å². The van der Waals surface area contributed by atoms with Crippen molar-refractivity contribution in [3.63, 3.8) is 0 Å². The van der Waals surface area contributed by atoms with Crippen LogP contribution in [0.2, 0.25) is 0 Å². The molecule has 5 nitrogen and oxygen atoms in total. The van der Waals surface area contributed by atoms with E-state index in [1.807, 2.05) is 0 Å². The molecule has 1 fully saturated rings. The van der Waals surface area contributed by atoms with Crippen molar-refractivity contribution in [2.45, 2.75) is 83.5 Å². The van der Waals surface area contributed by atoms with Crippen LogP contribution in [0.15, 0.2) is 0 Å². The van der Waals surface area contributed by atoms with E-state index in [1.165, 1.54) is 38.5 Å². The first-order valence-corrected chi connectivity index (χ1v) is 9.27. The quantitative estimate of drug-likeness (QED) is 0.572. The van der Waals surface area contributed by atoms with Crippen molar-refractivity contribution < 1.29 is 14.3 Å². The van der Waals surface area contributed by atoms with Crippen molar-refractivity contribution in [3.05, 3.63) is 0 Å². The fourth-order valence-corrected chi connectivity index (χ4v) is 3.40. The molecule has 1 aliphatic rings. The average Bonchev–Trinajstić information content (AvgIpc) is 2.55. The summed E-state index contributed by atoms with van der Waals surface area (Å²) < 4.78 is 11.6. The van der Waals surface area contributed by atoms with Crippen LogP contribution in [0.25, 0.3) is 0 Å². The Morgan fingerprint density at radius 2 is 1.87 bits per heavy atom. The third-order valence-corrected chi connectivity index (χ3v) is 4.77. The van der Waals surface area contributed by atoms with Crippen molar-refractivity contribution in [1.82, 2.24) is 5.32 Å². The summed E-state index contributed by atoms with van der Waals surface area (Å²) in [5.41, 5.74) is 5.44. The van der Waals surface area contributed by atoms with Gasteiger partial charge in [-0.05, 0) is 6.42 Å². The number of amides is 1. The van der Waals surface area contributed by atoms with Crippen LogP contribution < -0.4 is 11.1 Å². The topological polar surface area (TPSA) is 73.6 Å². The molecule has 1 saturated heterocycles. The first-order valence-electron chi connectivity index (χ1n) is 9.27. The van der Waals surface area contributed by atoms with E-state index >= 15 is 0 Å². The van der Waals surface area contributed by atoms with Crippen molar-refractivity contribution in [3.8, 4) is 0 Å². The van der Waals surface area contributed by atoms with Crippen molar-refractivity contribution in [1.29, 1.82) is 0 Å². The SMILES string of the molecule is CCCCCCCCC[C@@H]1OC[C@H](C)[C@H](OC)[C@H]1NC(=O)CN. The van der Waals surface area contributed by atoms with Gasteiger partial charge in [0.05, 0.1) is 31.4 Å². The van der Waals surface area contributed by atoms with Gasteiger partial charge in [-0.2, -0.15) is 0 Å². The van der Waals surface area contributed by atoms with Gasteiger partial charge in [0.15, 0.2) is 0 Å². The van der Waals surface area contributed by atoms with Gasteiger partial charge in [-0.3, -0.25) is 4.79 Å². The normalized spacial score (nSPS) is 27.8. The summed E-state index contributed by atoms with van der Waals surface area (Å²) in [6.07, 6.45) is 9.94. The molecule has 0 aromatic rings. The summed E-state index contributed by atoms with van der Waals surface area (Å²) >= 11 is 0. The maximum Gasteiger partial charge on any atom is 0.234 e. The number of nitrogens with two attached hydrogens (primary N) is 1. The Bertz CT molecular complexity index is 325. The molecule has 0 aromatic heterocycles. The third kappa shape index (κ3) is 7.19. The van der Waals surface area contributed by atoms with Gasteiger partial charge in [0, 0.05) is 13.0 Å². The Morgan fingerprint density at radius 1 is 1.22 bits per heavy atom. The van der Waals surface area contributed by atoms with Crippen LogP contribution in [0.5, 0.6) is 0 Å². The molecule has 0 unspecified atom stereocenters. The van der Waals surface area contributed by atoms with Gasteiger partial charge < -0.3 is 20.5 Å². The molecule has 3 N–H and O–H groups in total. The molecule has 23 heavy (non-hydrogen) atoms. The van der Waals surface area contributed by atoms with Crippen molar-refractivity contribution in [2.75, 3.05) is 20.3 Å². The number of hydrogen-bond acceptors (Lipinski definition) is 4. The molecular formula is C18H36N2O3. The number of unbranched alkanes of at least 4 members (excludes halogenated alkanes) is 6. The molecule has 1 rings (SSSR count). The number of carbonyl (C=O) groups excluding carboxylic acids is 1. The number of ether oxygens (including phenoxy) is 2. The zero-order valence-corrected chi connectivity index (χ0v) is 15.2. The Hall–Kier alpha value is -0.650. The van der Waals surface area contributed by atoms with E-state index in [2.05, 4.69) is 19.2 Å². The third-order valence-electron chi connectivity index (χ3n) is 4.77. The molecule has 1 aliphatic heterocycles. The fraction of sp³-hybridized carbons (Fsp3) is 0.944. The first-order chi connectivity index (χ1) is 11.1. The number of carbonyl (C=O) groups is 1. The smallest absolute Gasteiger partial charge is 0.234 e. The molecule has 4 atom stereocenters. The largest absolute Gasteiger partial charge is 0.379 e. The molecule has 0 bridgehead atoms. The molecule has 1 amide bonds. The lowest BCUT2D eigenvalue weighted by Gasteiger charge is -2.41. The van der Waals surface area contributed by atoms with Crippen LogP contribution in [0.4, 0.5) is 0 Å². The second-order valence-corrected chi connectivity index (χ2v) is 6.76. The Balaban J connectivity index is 2.41. The molecule has 136 valence electrons. The van der Waals surface area contributed by atoms with Crippen molar-refractivity contribution in [2.24, 2.45) is 11.7 Å². The minimum absolute atomic E-state index is 0.00542. The van der Waals surface area contributed by atoms with Gasteiger partial charge >= 0.3 is 0 Å². The monoisotopic (exact) mass is 328 g/mol. The van der Waals surface area contributed by atoms with Gasteiger partial charge in [0.25, 0.3) is 0 Å². The molecule has 0 saturated carbocycles. The lowest BCUT2D eigenvalue weighted by Crippen LogP contribution is -2.59. The summed E-state index contributed by atoms with van der Waals surface area (Å²) in [6.45, 7) is 5.03. The lowest BCUT2D eigenvalue weighted by molar-refractivity contribution is -0.137. The predicted octanol–water partition coefficient (Wildman–Crippen LogP) is 2.62.